The van der Waals surface area contributed by atoms with Crippen LogP contribution in [0.25, 0.3) is 33.7 Å². The van der Waals surface area contributed by atoms with Gasteiger partial charge in [0.1, 0.15) is 11.9 Å². The maximum atomic E-state index is 11.9. The zero-order valence-corrected chi connectivity index (χ0v) is 14.8. The first-order chi connectivity index (χ1) is 12.6. The van der Waals surface area contributed by atoms with Gasteiger partial charge < -0.3 is 14.6 Å². The van der Waals surface area contributed by atoms with Gasteiger partial charge in [0, 0.05) is 34.6 Å². The van der Waals surface area contributed by atoms with E-state index < -0.39 is 12.3 Å². The number of rotatable bonds is 3. The number of hydrogen-bond acceptors (Lipinski definition) is 6. The molecule has 1 atom stereocenters. The summed E-state index contributed by atoms with van der Waals surface area (Å²) in [6, 6.07) is 5.96. The molecule has 0 fully saturated rings. The molecule has 1 amide bonds. The molecule has 0 aliphatic carbocycles. The highest BCUT2D eigenvalue weighted by atomic mass is 32.1. The van der Waals surface area contributed by atoms with Crippen LogP contribution in [0.15, 0.2) is 23.7 Å². The molecule has 1 unspecified atom stereocenters. The first-order valence-electron chi connectivity index (χ1n) is 7.75. The zero-order chi connectivity index (χ0) is 18.3. The largest absolute Gasteiger partial charge is 0.496 e. The lowest BCUT2D eigenvalue weighted by Gasteiger charge is -2.15. The lowest BCUT2D eigenvalue weighted by atomic mass is 10.1. The average Bonchev–Trinajstić information content (AvgIpc) is 3.24. The number of halogens is 1. The molecule has 9 heteroatoms. The van der Waals surface area contributed by atoms with Gasteiger partial charge in [-0.3, -0.25) is 5.32 Å². The van der Waals surface area contributed by atoms with Crippen molar-refractivity contribution in [3.8, 4) is 17.0 Å². The molecule has 0 bridgehead atoms. The molecule has 2 aromatic heterocycles. The van der Waals surface area contributed by atoms with Crippen LogP contribution >= 0.6 is 11.3 Å². The van der Waals surface area contributed by atoms with E-state index in [-0.39, 0.29) is 0 Å². The van der Waals surface area contributed by atoms with Crippen molar-refractivity contribution < 1.29 is 19.0 Å². The smallest absolute Gasteiger partial charge is 0.446 e. The van der Waals surface area contributed by atoms with Crippen LogP contribution < -0.4 is 25.9 Å². The van der Waals surface area contributed by atoms with Crippen LogP contribution in [0, 0.1) is 0 Å². The van der Waals surface area contributed by atoms with Gasteiger partial charge in [-0.25, -0.2) is 14.7 Å². The molecule has 1 aliphatic heterocycles. The number of nitrogens with one attached hydrogen (secondary N) is 2. The summed E-state index contributed by atoms with van der Waals surface area (Å²) in [5, 5.41) is 7.16. The van der Waals surface area contributed by atoms with Gasteiger partial charge in [-0.2, -0.15) is 0 Å². The van der Waals surface area contributed by atoms with E-state index >= 15 is 0 Å². The Morgan fingerprint density at radius 2 is 2.27 bits per heavy atom. The molecule has 3 aromatic rings. The minimum atomic E-state index is -1.15. The topological polar surface area (TPSA) is 77.4 Å². The van der Waals surface area contributed by atoms with Crippen molar-refractivity contribution in [2.24, 2.45) is 7.05 Å². The summed E-state index contributed by atoms with van der Waals surface area (Å²) in [7, 11) is 3.57. The number of carbonyl (C=O) groups is 1. The highest BCUT2D eigenvalue weighted by molar-refractivity contribution is 7.16. The van der Waals surface area contributed by atoms with Gasteiger partial charge in [0.15, 0.2) is 0 Å². The number of thiazole rings is 1. The SMILES string of the molecule is COc1cc2ncsc2cc1-c1cc2c(n1C)=CNC(NC(=O)OF)C=2. The molecule has 0 radical (unpaired) electrons. The number of methoxy groups -OCH3 is 1. The summed E-state index contributed by atoms with van der Waals surface area (Å²) < 4.78 is 20.6. The zero-order valence-electron chi connectivity index (χ0n) is 13.9. The Balaban J connectivity index is 1.83. The summed E-state index contributed by atoms with van der Waals surface area (Å²) in [5.41, 5.74) is 4.58. The lowest BCUT2D eigenvalue weighted by Crippen LogP contribution is -2.48. The summed E-state index contributed by atoms with van der Waals surface area (Å²) in [6.07, 6.45) is 1.84. The third kappa shape index (κ3) is 2.66. The maximum Gasteiger partial charge on any atom is 0.446 e. The Kier molecular flexibility index (Phi) is 4.00. The van der Waals surface area contributed by atoms with Gasteiger partial charge >= 0.3 is 6.09 Å². The van der Waals surface area contributed by atoms with Gasteiger partial charge in [-0.05, 0) is 18.2 Å². The molecular weight excluding hydrogens is 359 g/mol. The second kappa shape index (κ2) is 6.34. The van der Waals surface area contributed by atoms with Gasteiger partial charge in [0.05, 0.1) is 33.9 Å². The highest BCUT2D eigenvalue weighted by Crippen LogP contribution is 2.34. The Hall–Kier alpha value is -3.07. The van der Waals surface area contributed by atoms with Gasteiger partial charge in [0.2, 0.25) is 0 Å². The summed E-state index contributed by atoms with van der Waals surface area (Å²) in [6.45, 7) is 0. The van der Waals surface area contributed by atoms with Gasteiger partial charge in [-0.1, -0.05) is 0 Å². The number of hydrogen-bond donors (Lipinski definition) is 2. The molecule has 4 rings (SSSR count). The number of fused-ring (bicyclic) bond motifs is 2. The Bertz CT molecular complexity index is 1120. The number of nitrogens with zero attached hydrogens (tertiary/aromatic N) is 2. The predicted molar refractivity (Wildman–Crippen MR) is 96.4 cm³/mol. The van der Waals surface area contributed by atoms with Crippen LogP contribution in [0.2, 0.25) is 0 Å². The molecule has 1 aliphatic rings. The van der Waals surface area contributed by atoms with Crippen molar-refractivity contribution in [2.75, 3.05) is 7.11 Å². The molecule has 1 aromatic carbocycles. The van der Waals surface area contributed by atoms with Crippen molar-refractivity contribution >= 4 is 39.9 Å². The van der Waals surface area contributed by atoms with Crippen molar-refractivity contribution in [2.45, 2.75) is 6.17 Å². The Labute approximate surface area is 151 Å². The van der Waals surface area contributed by atoms with Crippen LogP contribution in [0.5, 0.6) is 5.75 Å². The van der Waals surface area contributed by atoms with Crippen LogP contribution in [-0.2, 0) is 12.0 Å². The number of ether oxygens (including phenoxy) is 1. The van der Waals surface area contributed by atoms with Crippen molar-refractivity contribution in [3.63, 3.8) is 0 Å². The third-order valence-corrected chi connectivity index (χ3v) is 5.12. The second-order valence-electron chi connectivity index (χ2n) is 5.77. The Morgan fingerprint density at radius 3 is 3.04 bits per heavy atom. The first kappa shape index (κ1) is 16.4. The fourth-order valence-corrected chi connectivity index (χ4v) is 3.79. The molecule has 0 spiro atoms. The van der Waals surface area contributed by atoms with Crippen molar-refractivity contribution in [3.05, 3.63) is 34.3 Å². The van der Waals surface area contributed by atoms with E-state index in [2.05, 4.69) is 26.6 Å². The van der Waals surface area contributed by atoms with Crippen LogP contribution in [0.3, 0.4) is 0 Å². The Morgan fingerprint density at radius 1 is 1.42 bits per heavy atom. The first-order valence-corrected chi connectivity index (χ1v) is 8.63. The van der Waals surface area contributed by atoms with Crippen LogP contribution in [0.1, 0.15) is 0 Å². The summed E-state index contributed by atoms with van der Waals surface area (Å²) in [5.74, 6) is 0.727. The molecule has 26 heavy (non-hydrogen) atoms. The molecule has 134 valence electrons. The second-order valence-corrected chi connectivity index (χ2v) is 6.65. The molecule has 7 nitrogen and oxygen atoms in total. The fraction of sp³-hybridized carbons (Fsp3) is 0.176. The molecular formula is C17H15FN4O3S. The minimum Gasteiger partial charge on any atom is -0.496 e. The molecule has 0 saturated heterocycles. The monoisotopic (exact) mass is 374 g/mol. The van der Waals surface area contributed by atoms with Crippen LogP contribution in [-0.4, -0.2) is 28.9 Å². The summed E-state index contributed by atoms with van der Waals surface area (Å²) in [4.78, 5) is 18.5. The van der Waals surface area contributed by atoms with Gasteiger partial charge in [0.25, 0.3) is 0 Å². The number of benzene rings is 1. The normalized spacial score (nSPS) is 15.4. The van der Waals surface area contributed by atoms with Crippen LogP contribution in [0.4, 0.5) is 9.32 Å². The van der Waals surface area contributed by atoms with E-state index in [1.165, 1.54) is 0 Å². The maximum absolute atomic E-state index is 11.9. The van der Waals surface area contributed by atoms with E-state index in [1.54, 1.807) is 36.2 Å². The fourth-order valence-electron chi connectivity index (χ4n) is 3.10. The minimum absolute atomic E-state index is 0.563. The molecule has 2 N–H and O–H groups in total. The highest BCUT2D eigenvalue weighted by Gasteiger charge is 2.17. The quantitative estimate of drug-likeness (QED) is 0.724. The van der Waals surface area contributed by atoms with Crippen molar-refractivity contribution in [1.29, 1.82) is 0 Å². The van der Waals surface area contributed by atoms with E-state index in [0.29, 0.717) is 0 Å². The molecule has 3 heterocycles. The number of amides is 1. The average molecular weight is 374 g/mol. The van der Waals surface area contributed by atoms with E-state index in [4.69, 9.17) is 4.74 Å². The predicted octanol–water partition coefficient (Wildman–Crippen LogP) is 1.37. The standard InChI is InChI=1S/C17H15FN4O3S/c1-22-12(10-5-15-11(20-8-26-15)6-14(10)24-2)3-9-4-16(19-7-13(9)22)21-17(23)25-18/h3-8,16,19H,1-2H3,(H,21,23). The third-order valence-electron chi connectivity index (χ3n) is 4.33. The van der Waals surface area contributed by atoms with Crippen molar-refractivity contribution in [1.82, 2.24) is 20.2 Å². The lowest BCUT2D eigenvalue weighted by molar-refractivity contribution is -0.0630. The van der Waals surface area contributed by atoms with Gasteiger partial charge in [-0.15, -0.1) is 11.3 Å². The number of carbonyl (C=O) groups excluding carboxylic acids is 1. The van der Waals surface area contributed by atoms with E-state index in [1.807, 2.05) is 23.7 Å². The van der Waals surface area contributed by atoms with E-state index in [9.17, 15) is 9.32 Å². The molecule has 0 saturated carbocycles. The van der Waals surface area contributed by atoms with E-state index in [0.717, 1.165) is 37.8 Å². The summed E-state index contributed by atoms with van der Waals surface area (Å²) >= 11 is 1.56. The number of aromatic nitrogens is 2.